The van der Waals surface area contributed by atoms with Gasteiger partial charge in [0.25, 0.3) is 0 Å². The van der Waals surface area contributed by atoms with Crippen LogP contribution in [0.5, 0.6) is 0 Å². The van der Waals surface area contributed by atoms with Gasteiger partial charge in [-0.05, 0) is 36.6 Å². The zero-order valence-electron chi connectivity index (χ0n) is 12.8. The summed E-state index contributed by atoms with van der Waals surface area (Å²) >= 11 is 0. The minimum absolute atomic E-state index is 0.737. The second kappa shape index (κ2) is 8.19. The number of rotatable bonds is 8. The van der Waals surface area contributed by atoms with Gasteiger partial charge >= 0.3 is 0 Å². The first-order valence-electron chi connectivity index (χ1n) is 7.54. The highest BCUT2D eigenvalue weighted by atomic mass is 15.3. The third-order valence-corrected chi connectivity index (χ3v) is 3.14. The number of anilines is 2. The average molecular weight is 285 g/mol. The third kappa shape index (κ3) is 4.70. The molecule has 2 aromatic rings. The van der Waals surface area contributed by atoms with E-state index in [2.05, 4.69) is 39.0 Å². The highest BCUT2D eigenvalue weighted by Crippen LogP contribution is 2.12. The zero-order valence-corrected chi connectivity index (χ0v) is 12.8. The molecule has 5 heteroatoms. The maximum absolute atomic E-state index is 4.61. The Balaban J connectivity index is 2.02. The first kappa shape index (κ1) is 15.2. The molecule has 112 valence electrons. The third-order valence-electron chi connectivity index (χ3n) is 3.14. The summed E-state index contributed by atoms with van der Waals surface area (Å²) in [6.45, 7) is 7.06. The number of hydrogen-bond donors (Lipinski definition) is 1. The highest BCUT2D eigenvalue weighted by Gasteiger charge is 2.08. The second-order valence-electron chi connectivity index (χ2n) is 4.94. The van der Waals surface area contributed by atoms with E-state index in [4.69, 9.17) is 0 Å². The Hall–Kier alpha value is -2.17. The molecule has 1 N–H and O–H groups in total. The van der Waals surface area contributed by atoms with E-state index < -0.39 is 0 Å². The summed E-state index contributed by atoms with van der Waals surface area (Å²) in [5.74, 6) is 1.66. The Morgan fingerprint density at radius 3 is 2.38 bits per heavy atom. The average Bonchev–Trinajstić information content (AvgIpc) is 2.54. The second-order valence-corrected chi connectivity index (χ2v) is 4.94. The number of pyridine rings is 1. The molecule has 2 aromatic heterocycles. The highest BCUT2D eigenvalue weighted by molar-refractivity contribution is 5.41. The van der Waals surface area contributed by atoms with Crippen molar-refractivity contribution in [2.45, 2.75) is 33.2 Å². The van der Waals surface area contributed by atoms with E-state index in [1.54, 1.807) is 12.4 Å². The van der Waals surface area contributed by atoms with Crippen molar-refractivity contribution in [2.75, 3.05) is 23.3 Å². The van der Waals surface area contributed by atoms with Crippen molar-refractivity contribution in [3.8, 4) is 0 Å². The largest absolute Gasteiger partial charge is 0.366 e. The summed E-state index contributed by atoms with van der Waals surface area (Å²) in [4.78, 5) is 15.3. The van der Waals surface area contributed by atoms with E-state index in [9.17, 15) is 0 Å². The van der Waals surface area contributed by atoms with Crippen molar-refractivity contribution in [3.63, 3.8) is 0 Å². The molecule has 0 amide bonds. The summed E-state index contributed by atoms with van der Waals surface area (Å²) in [5.41, 5.74) is 1.18. The number of nitrogens with zero attached hydrogens (tertiary/aromatic N) is 4. The van der Waals surface area contributed by atoms with Gasteiger partial charge in [-0.15, -0.1) is 0 Å². The summed E-state index contributed by atoms with van der Waals surface area (Å²) in [5, 5.41) is 3.33. The van der Waals surface area contributed by atoms with Gasteiger partial charge in [-0.1, -0.05) is 13.8 Å². The Morgan fingerprint density at radius 1 is 1.00 bits per heavy atom. The Bertz CT molecular complexity index is 523. The van der Waals surface area contributed by atoms with E-state index in [1.165, 1.54) is 5.56 Å². The van der Waals surface area contributed by atoms with Crippen LogP contribution in [0.4, 0.5) is 11.8 Å². The molecule has 21 heavy (non-hydrogen) atoms. The molecule has 5 nitrogen and oxygen atoms in total. The molecule has 0 radical (unpaired) electrons. The van der Waals surface area contributed by atoms with Crippen LogP contribution in [-0.2, 0) is 6.54 Å². The molecule has 0 spiro atoms. The number of aromatic nitrogens is 3. The molecular weight excluding hydrogens is 262 g/mol. The Kier molecular flexibility index (Phi) is 5.94. The van der Waals surface area contributed by atoms with E-state index in [0.717, 1.165) is 44.2 Å². The molecule has 0 aliphatic rings. The van der Waals surface area contributed by atoms with E-state index in [-0.39, 0.29) is 0 Å². The maximum atomic E-state index is 4.61. The molecule has 0 bridgehead atoms. The first-order chi connectivity index (χ1) is 10.3. The molecule has 0 aliphatic carbocycles. The van der Waals surface area contributed by atoms with Crippen LogP contribution in [-0.4, -0.2) is 28.0 Å². The summed E-state index contributed by atoms with van der Waals surface area (Å²) in [6.07, 6.45) is 7.60. The standard InChI is InChI=1S/C16H23N5/c1-3-11-21(12-4-2)16-18-10-7-15(20-16)19-13-14-5-8-17-9-6-14/h5-10H,3-4,11-13H2,1-2H3,(H,18,19,20). The molecule has 0 aromatic carbocycles. The molecule has 0 aliphatic heterocycles. The number of nitrogens with one attached hydrogen (secondary N) is 1. The maximum Gasteiger partial charge on any atom is 0.227 e. The van der Waals surface area contributed by atoms with Crippen molar-refractivity contribution in [1.29, 1.82) is 0 Å². The lowest BCUT2D eigenvalue weighted by Gasteiger charge is -2.21. The topological polar surface area (TPSA) is 53.9 Å². The minimum Gasteiger partial charge on any atom is -0.366 e. The number of hydrogen-bond acceptors (Lipinski definition) is 5. The smallest absolute Gasteiger partial charge is 0.227 e. The fourth-order valence-electron chi connectivity index (χ4n) is 2.14. The molecule has 0 unspecified atom stereocenters. The fourth-order valence-corrected chi connectivity index (χ4v) is 2.14. The van der Waals surface area contributed by atoms with Gasteiger partial charge < -0.3 is 10.2 Å². The predicted molar refractivity (Wildman–Crippen MR) is 86.4 cm³/mol. The van der Waals surface area contributed by atoms with Crippen LogP contribution in [0.1, 0.15) is 32.3 Å². The SMILES string of the molecule is CCCN(CCC)c1nccc(NCc2ccncc2)n1. The van der Waals surface area contributed by atoms with Crippen molar-refractivity contribution in [2.24, 2.45) is 0 Å². The summed E-state index contributed by atoms with van der Waals surface area (Å²) < 4.78 is 0. The van der Waals surface area contributed by atoms with Crippen LogP contribution >= 0.6 is 0 Å². The van der Waals surface area contributed by atoms with Gasteiger partial charge in [0.05, 0.1) is 0 Å². The van der Waals surface area contributed by atoms with E-state index in [0.29, 0.717) is 0 Å². The van der Waals surface area contributed by atoms with Crippen LogP contribution in [0.25, 0.3) is 0 Å². The van der Waals surface area contributed by atoms with Crippen LogP contribution in [0.2, 0.25) is 0 Å². The van der Waals surface area contributed by atoms with Gasteiger partial charge in [-0.25, -0.2) is 4.98 Å². The summed E-state index contributed by atoms with van der Waals surface area (Å²) in [7, 11) is 0. The zero-order chi connectivity index (χ0) is 14.9. The van der Waals surface area contributed by atoms with Gasteiger partial charge in [0.1, 0.15) is 5.82 Å². The van der Waals surface area contributed by atoms with Crippen LogP contribution in [0.3, 0.4) is 0 Å². The molecule has 0 fully saturated rings. The molecule has 2 heterocycles. The minimum atomic E-state index is 0.737. The van der Waals surface area contributed by atoms with E-state index in [1.807, 2.05) is 24.4 Å². The molecule has 0 saturated heterocycles. The molecular formula is C16H23N5. The lowest BCUT2D eigenvalue weighted by molar-refractivity contribution is 0.721. The molecule has 0 atom stereocenters. The lowest BCUT2D eigenvalue weighted by atomic mass is 10.3. The quantitative estimate of drug-likeness (QED) is 0.807. The first-order valence-corrected chi connectivity index (χ1v) is 7.54. The summed E-state index contributed by atoms with van der Waals surface area (Å²) in [6, 6.07) is 5.89. The predicted octanol–water partition coefficient (Wildman–Crippen LogP) is 3.11. The monoisotopic (exact) mass is 285 g/mol. The van der Waals surface area contributed by atoms with Gasteiger partial charge in [-0.3, -0.25) is 4.98 Å². The van der Waals surface area contributed by atoms with Crippen molar-refractivity contribution < 1.29 is 0 Å². The lowest BCUT2D eigenvalue weighted by Crippen LogP contribution is -2.27. The normalized spacial score (nSPS) is 10.4. The van der Waals surface area contributed by atoms with Crippen molar-refractivity contribution in [1.82, 2.24) is 15.0 Å². The van der Waals surface area contributed by atoms with Crippen LogP contribution < -0.4 is 10.2 Å². The van der Waals surface area contributed by atoms with Crippen molar-refractivity contribution in [3.05, 3.63) is 42.4 Å². The van der Waals surface area contributed by atoms with Crippen LogP contribution in [0, 0.1) is 0 Å². The van der Waals surface area contributed by atoms with Gasteiger partial charge in [0.2, 0.25) is 5.95 Å². The fraction of sp³-hybridized carbons (Fsp3) is 0.438. The van der Waals surface area contributed by atoms with Gasteiger partial charge in [0, 0.05) is 38.2 Å². The van der Waals surface area contributed by atoms with Gasteiger partial charge in [-0.2, -0.15) is 4.98 Å². The van der Waals surface area contributed by atoms with E-state index >= 15 is 0 Å². The van der Waals surface area contributed by atoms with Crippen molar-refractivity contribution >= 4 is 11.8 Å². The Morgan fingerprint density at radius 2 is 1.71 bits per heavy atom. The molecule has 0 saturated carbocycles. The Labute approximate surface area is 126 Å². The van der Waals surface area contributed by atoms with Crippen LogP contribution in [0.15, 0.2) is 36.8 Å². The molecule has 2 rings (SSSR count). The van der Waals surface area contributed by atoms with Gasteiger partial charge in [0.15, 0.2) is 0 Å².